The molecular weight excluding hydrogens is 194 g/mol. The highest BCUT2D eigenvalue weighted by atomic mass is 16.7. The summed E-state index contributed by atoms with van der Waals surface area (Å²) in [5.41, 5.74) is 1.96. The molecule has 1 heterocycles. The molecule has 0 atom stereocenters. The van der Waals surface area contributed by atoms with Gasteiger partial charge in [-0.2, -0.15) is 10.2 Å². The lowest BCUT2D eigenvalue weighted by molar-refractivity contribution is -0.0758. The number of carbonyl (C=O) groups excluding carboxylic acids is 1. The molecule has 1 aromatic rings. The number of hydroxylamine groups is 2. The van der Waals surface area contributed by atoms with Crippen LogP contribution in [-0.2, 0) is 11.3 Å². The summed E-state index contributed by atoms with van der Waals surface area (Å²) in [6, 6.07) is 1.73. The van der Waals surface area contributed by atoms with Gasteiger partial charge in [0.1, 0.15) is 0 Å². The van der Waals surface area contributed by atoms with Gasteiger partial charge in [0.2, 0.25) is 0 Å². The molecule has 5 nitrogen and oxygen atoms in total. The van der Waals surface area contributed by atoms with Crippen LogP contribution in [0.2, 0.25) is 0 Å². The zero-order valence-electron chi connectivity index (χ0n) is 9.44. The summed E-state index contributed by atoms with van der Waals surface area (Å²) in [6.45, 7) is 3.74. The average Bonchev–Trinajstić information content (AvgIpc) is 2.27. The number of carbonyl (C=O) groups is 1. The van der Waals surface area contributed by atoms with Gasteiger partial charge in [-0.3, -0.25) is 9.63 Å². The maximum atomic E-state index is 11.8. The van der Waals surface area contributed by atoms with Crippen LogP contribution in [0, 0.1) is 6.92 Å². The van der Waals surface area contributed by atoms with Crippen LogP contribution >= 0.6 is 0 Å². The lowest BCUT2D eigenvalue weighted by Crippen LogP contribution is -2.27. The number of aryl methyl sites for hydroxylation is 2. The first kappa shape index (κ1) is 11.6. The van der Waals surface area contributed by atoms with Gasteiger partial charge in [0, 0.05) is 7.05 Å². The van der Waals surface area contributed by atoms with Crippen LogP contribution in [0.5, 0.6) is 0 Å². The summed E-state index contributed by atoms with van der Waals surface area (Å²) in [7, 11) is 3.02. The molecule has 1 amide bonds. The third-order valence-electron chi connectivity index (χ3n) is 2.12. The molecule has 0 spiro atoms. The predicted molar refractivity (Wildman–Crippen MR) is 55.2 cm³/mol. The van der Waals surface area contributed by atoms with Crippen molar-refractivity contribution in [3.63, 3.8) is 0 Å². The van der Waals surface area contributed by atoms with E-state index in [9.17, 15) is 4.79 Å². The normalized spacial score (nSPS) is 10.1. The second-order valence-corrected chi connectivity index (χ2v) is 3.18. The van der Waals surface area contributed by atoms with E-state index in [1.807, 2.05) is 6.92 Å². The molecule has 82 valence electrons. The molecule has 0 bridgehead atoms. The van der Waals surface area contributed by atoms with E-state index in [1.54, 1.807) is 20.0 Å². The summed E-state index contributed by atoms with van der Waals surface area (Å²) in [5, 5.41) is 9.07. The molecule has 5 heteroatoms. The highest BCUT2D eigenvalue weighted by Crippen LogP contribution is 2.10. The summed E-state index contributed by atoms with van der Waals surface area (Å²) in [4.78, 5) is 16.7. The van der Waals surface area contributed by atoms with Crippen LogP contribution in [0.4, 0.5) is 0 Å². The number of hydrogen-bond acceptors (Lipinski definition) is 4. The fourth-order valence-electron chi connectivity index (χ4n) is 1.21. The zero-order chi connectivity index (χ0) is 11.4. The van der Waals surface area contributed by atoms with E-state index in [0.717, 1.165) is 5.69 Å². The first-order valence-corrected chi connectivity index (χ1v) is 4.75. The van der Waals surface area contributed by atoms with Gasteiger partial charge in [-0.05, 0) is 19.4 Å². The van der Waals surface area contributed by atoms with Crippen LogP contribution in [0.3, 0.4) is 0 Å². The second-order valence-electron chi connectivity index (χ2n) is 3.18. The van der Waals surface area contributed by atoms with Gasteiger partial charge in [-0.15, -0.1) is 0 Å². The third-order valence-corrected chi connectivity index (χ3v) is 2.12. The quantitative estimate of drug-likeness (QED) is 0.696. The number of aromatic nitrogens is 2. The molecule has 0 N–H and O–H groups in total. The molecule has 1 rings (SSSR count). The van der Waals surface area contributed by atoms with Crippen molar-refractivity contribution < 1.29 is 9.63 Å². The molecule has 0 fully saturated rings. The molecule has 0 saturated heterocycles. The van der Waals surface area contributed by atoms with E-state index in [2.05, 4.69) is 10.2 Å². The summed E-state index contributed by atoms with van der Waals surface area (Å²) >= 11 is 0. The fraction of sp³-hybridized carbons (Fsp3) is 0.500. The van der Waals surface area contributed by atoms with Gasteiger partial charge < -0.3 is 0 Å². The number of hydrogen-bond donors (Lipinski definition) is 0. The molecular formula is C10H15N3O2. The van der Waals surface area contributed by atoms with Gasteiger partial charge in [0.05, 0.1) is 24.1 Å². The van der Waals surface area contributed by atoms with Crippen molar-refractivity contribution in [2.24, 2.45) is 0 Å². The van der Waals surface area contributed by atoms with Crippen molar-refractivity contribution in [3.05, 3.63) is 23.0 Å². The minimum Gasteiger partial charge on any atom is -0.274 e. The number of nitrogens with zero attached hydrogens (tertiary/aromatic N) is 3. The molecule has 0 aliphatic rings. The van der Waals surface area contributed by atoms with Crippen LogP contribution in [0.15, 0.2) is 6.07 Å². The largest absolute Gasteiger partial charge is 0.279 e. The van der Waals surface area contributed by atoms with Crippen molar-refractivity contribution in [1.29, 1.82) is 0 Å². The van der Waals surface area contributed by atoms with E-state index < -0.39 is 0 Å². The lowest BCUT2D eigenvalue weighted by Gasteiger charge is -2.15. The SMILES string of the molecule is CCc1nnc(C)cc1C(=O)N(C)OC. The molecule has 1 aromatic heterocycles. The smallest absolute Gasteiger partial charge is 0.274 e. The number of rotatable bonds is 3. The second kappa shape index (κ2) is 4.84. The van der Waals surface area contributed by atoms with E-state index in [-0.39, 0.29) is 5.91 Å². The first-order chi connectivity index (χ1) is 7.10. The topological polar surface area (TPSA) is 55.3 Å². The van der Waals surface area contributed by atoms with Crippen molar-refractivity contribution in [2.45, 2.75) is 20.3 Å². The molecule has 0 saturated carbocycles. The molecule has 0 unspecified atom stereocenters. The van der Waals surface area contributed by atoms with Gasteiger partial charge in [-0.1, -0.05) is 6.92 Å². The summed E-state index contributed by atoms with van der Waals surface area (Å²) < 4.78 is 0. The van der Waals surface area contributed by atoms with Crippen LogP contribution < -0.4 is 0 Å². The highest BCUT2D eigenvalue weighted by Gasteiger charge is 2.16. The Labute approximate surface area is 89.0 Å². The highest BCUT2D eigenvalue weighted by molar-refractivity contribution is 5.94. The molecule has 0 aliphatic heterocycles. The molecule has 15 heavy (non-hydrogen) atoms. The van der Waals surface area contributed by atoms with Gasteiger partial charge in [0.25, 0.3) is 5.91 Å². The Kier molecular flexibility index (Phi) is 3.74. The Morgan fingerprint density at radius 1 is 1.53 bits per heavy atom. The van der Waals surface area contributed by atoms with Crippen molar-refractivity contribution in [1.82, 2.24) is 15.3 Å². The van der Waals surface area contributed by atoms with Gasteiger partial charge >= 0.3 is 0 Å². The zero-order valence-corrected chi connectivity index (χ0v) is 9.44. The van der Waals surface area contributed by atoms with Gasteiger partial charge in [-0.25, -0.2) is 5.06 Å². The van der Waals surface area contributed by atoms with E-state index >= 15 is 0 Å². The minimum atomic E-state index is -0.202. The summed E-state index contributed by atoms with van der Waals surface area (Å²) in [5.74, 6) is -0.202. The van der Waals surface area contributed by atoms with Crippen LogP contribution in [0.25, 0.3) is 0 Å². The maximum Gasteiger partial charge on any atom is 0.279 e. The van der Waals surface area contributed by atoms with Crippen LogP contribution in [-0.4, -0.2) is 35.3 Å². The van der Waals surface area contributed by atoms with Crippen molar-refractivity contribution >= 4 is 5.91 Å². The van der Waals surface area contributed by atoms with Gasteiger partial charge in [0.15, 0.2) is 0 Å². The molecule has 0 radical (unpaired) electrons. The Bertz CT molecular complexity index is 366. The predicted octanol–water partition coefficient (Wildman–Crippen LogP) is 0.981. The van der Waals surface area contributed by atoms with Crippen LogP contribution in [0.1, 0.15) is 28.7 Å². The van der Waals surface area contributed by atoms with E-state index in [1.165, 1.54) is 12.2 Å². The van der Waals surface area contributed by atoms with Crippen molar-refractivity contribution in [3.8, 4) is 0 Å². The third kappa shape index (κ3) is 2.50. The Morgan fingerprint density at radius 3 is 2.73 bits per heavy atom. The fourth-order valence-corrected chi connectivity index (χ4v) is 1.21. The average molecular weight is 209 g/mol. The van der Waals surface area contributed by atoms with E-state index in [4.69, 9.17) is 4.84 Å². The monoisotopic (exact) mass is 209 g/mol. The molecule has 0 aliphatic carbocycles. The summed E-state index contributed by atoms with van der Waals surface area (Å²) in [6.07, 6.45) is 0.673. The lowest BCUT2D eigenvalue weighted by atomic mass is 10.1. The number of amides is 1. The van der Waals surface area contributed by atoms with Crippen molar-refractivity contribution in [2.75, 3.05) is 14.2 Å². The Hall–Kier alpha value is -1.49. The van der Waals surface area contributed by atoms with E-state index in [0.29, 0.717) is 17.7 Å². The molecule has 0 aromatic carbocycles. The standard InChI is InChI=1S/C10H15N3O2/c1-5-9-8(6-7(2)11-12-9)10(14)13(3)15-4/h6H,5H2,1-4H3. The minimum absolute atomic E-state index is 0.202. The Balaban J connectivity index is 3.11. The Morgan fingerprint density at radius 2 is 2.20 bits per heavy atom. The first-order valence-electron chi connectivity index (χ1n) is 4.75. The maximum absolute atomic E-state index is 11.8.